The van der Waals surface area contributed by atoms with Crippen LogP contribution in [0.4, 0.5) is 5.13 Å². The lowest BCUT2D eigenvalue weighted by molar-refractivity contribution is 0.0983. The molecule has 0 bridgehead atoms. The quantitative estimate of drug-likeness (QED) is 0.411. The number of fused-ring (bicyclic) bond motifs is 1. The van der Waals surface area contributed by atoms with Crippen molar-refractivity contribution in [2.75, 3.05) is 19.1 Å². The monoisotopic (exact) mass is 428 g/mol. The van der Waals surface area contributed by atoms with Gasteiger partial charge in [0.1, 0.15) is 27.5 Å². The zero-order chi connectivity index (χ0) is 20.4. The Morgan fingerprint density at radius 1 is 1.10 bits per heavy atom. The van der Waals surface area contributed by atoms with Crippen LogP contribution in [-0.4, -0.2) is 25.1 Å². The molecule has 0 spiro atoms. The average Bonchev–Trinajstić information content (AvgIpc) is 3.41. The molecule has 0 unspecified atom stereocenters. The number of carbonyl (C=O) groups excluding carboxylic acids is 1. The summed E-state index contributed by atoms with van der Waals surface area (Å²) < 4.78 is 17.2. The molecule has 0 atom stereocenters. The van der Waals surface area contributed by atoms with E-state index in [1.807, 2.05) is 12.1 Å². The van der Waals surface area contributed by atoms with E-state index in [0.717, 1.165) is 4.70 Å². The van der Waals surface area contributed by atoms with Crippen LogP contribution in [0.1, 0.15) is 16.1 Å². The Morgan fingerprint density at radius 3 is 2.48 bits per heavy atom. The lowest BCUT2D eigenvalue weighted by Gasteiger charge is -2.18. The third-order valence-corrected chi connectivity index (χ3v) is 5.71. The van der Waals surface area contributed by atoms with E-state index in [0.29, 0.717) is 38.5 Å². The number of amides is 1. The van der Waals surface area contributed by atoms with Gasteiger partial charge in [-0.1, -0.05) is 22.9 Å². The number of halogens is 1. The lowest BCUT2D eigenvalue weighted by atomic mass is 10.2. The van der Waals surface area contributed by atoms with Crippen molar-refractivity contribution in [3.05, 3.63) is 71.1 Å². The normalized spacial score (nSPS) is 10.9. The van der Waals surface area contributed by atoms with E-state index < -0.39 is 0 Å². The maximum absolute atomic E-state index is 13.3. The second kappa shape index (κ2) is 8.14. The van der Waals surface area contributed by atoms with Crippen LogP contribution in [0, 0.1) is 0 Å². The predicted octanol–water partition coefficient (Wildman–Crippen LogP) is 5.41. The fraction of sp³-hybridized carbons (Fsp3) is 0.143. The van der Waals surface area contributed by atoms with Gasteiger partial charge in [0.15, 0.2) is 5.13 Å². The number of benzene rings is 2. The molecule has 8 heteroatoms. The van der Waals surface area contributed by atoms with Crippen molar-refractivity contribution in [3.63, 3.8) is 0 Å². The molecule has 0 radical (unpaired) electrons. The highest BCUT2D eigenvalue weighted by Crippen LogP contribution is 2.40. The van der Waals surface area contributed by atoms with Crippen LogP contribution in [0.5, 0.6) is 11.5 Å². The Hall–Kier alpha value is -3.03. The molecule has 0 N–H and O–H groups in total. The molecule has 0 aliphatic rings. The minimum Gasteiger partial charge on any atom is -0.495 e. The maximum atomic E-state index is 13.3. The number of ether oxygens (including phenoxy) is 2. The number of aromatic nitrogens is 1. The molecular formula is C21H17ClN2O4S. The second-order valence-corrected chi connectivity index (χ2v) is 7.54. The Bertz CT molecular complexity index is 1100. The summed E-state index contributed by atoms with van der Waals surface area (Å²) in [6.07, 6.45) is 1.57. The van der Waals surface area contributed by atoms with Crippen LogP contribution in [0.25, 0.3) is 10.2 Å². The van der Waals surface area contributed by atoms with Gasteiger partial charge < -0.3 is 13.9 Å². The van der Waals surface area contributed by atoms with E-state index in [1.165, 1.54) is 11.3 Å². The Balaban J connectivity index is 1.82. The SMILES string of the molecule is COc1ccc(OC)c2sc(N(Cc3ccco3)C(=O)c3ccc(Cl)cc3)nc12. The fourth-order valence-corrected chi connectivity index (χ4v) is 4.12. The minimum atomic E-state index is -0.213. The van der Waals surface area contributed by atoms with Crippen molar-refractivity contribution in [3.8, 4) is 11.5 Å². The molecular weight excluding hydrogens is 412 g/mol. The van der Waals surface area contributed by atoms with Gasteiger partial charge in [-0.3, -0.25) is 9.69 Å². The van der Waals surface area contributed by atoms with Gasteiger partial charge >= 0.3 is 0 Å². The number of methoxy groups -OCH3 is 2. The average molecular weight is 429 g/mol. The standard InChI is InChI=1S/C21H17ClN2O4S/c1-26-16-9-10-17(27-2)19-18(16)23-21(29-19)24(12-15-4-3-11-28-15)20(25)13-5-7-14(22)8-6-13/h3-11H,12H2,1-2H3. The Morgan fingerprint density at radius 2 is 1.83 bits per heavy atom. The van der Waals surface area contributed by atoms with Crippen LogP contribution in [0.2, 0.25) is 5.02 Å². The van der Waals surface area contributed by atoms with E-state index in [-0.39, 0.29) is 12.5 Å². The van der Waals surface area contributed by atoms with Gasteiger partial charge in [-0.15, -0.1) is 0 Å². The highest BCUT2D eigenvalue weighted by molar-refractivity contribution is 7.22. The summed E-state index contributed by atoms with van der Waals surface area (Å²) in [5, 5.41) is 1.08. The molecule has 4 rings (SSSR count). The molecule has 0 saturated heterocycles. The van der Waals surface area contributed by atoms with Gasteiger partial charge in [-0.2, -0.15) is 0 Å². The van der Waals surface area contributed by atoms with Gasteiger partial charge in [0.2, 0.25) is 0 Å². The molecule has 0 aliphatic carbocycles. The van der Waals surface area contributed by atoms with E-state index in [2.05, 4.69) is 4.98 Å². The minimum absolute atomic E-state index is 0.213. The van der Waals surface area contributed by atoms with E-state index in [4.69, 9.17) is 25.5 Å². The summed E-state index contributed by atoms with van der Waals surface area (Å²) in [5.74, 6) is 1.71. The zero-order valence-corrected chi connectivity index (χ0v) is 17.3. The first-order valence-electron chi connectivity index (χ1n) is 8.72. The summed E-state index contributed by atoms with van der Waals surface area (Å²) in [4.78, 5) is 19.6. The van der Waals surface area contributed by atoms with E-state index >= 15 is 0 Å². The molecule has 2 heterocycles. The summed E-state index contributed by atoms with van der Waals surface area (Å²) in [5.41, 5.74) is 1.14. The van der Waals surface area contributed by atoms with Crippen LogP contribution in [-0.2, 0) is 6.54 Å². The molecule has 2 aromatic heterocycles. The smallest absolute Gasteiger partial charge is 0.260 e. The molecule has 4 aromatic rings. The predicted molar refractivity (Wildman–Crippen MR) is 113 cm³/mol. The molecule has 0 saturated carbocycles. The summed E-state index contributed by atoms with van der Waals surface area (Å²) in [6, 6.07) is 14.0. The van der Waals surface area contributed by atoms with Crippen molar-refractivity contribution in [1.29, 1.82) is 0 Å². The lowest BCUT2D eigenvalue weighted by Crippen LogP contribution is -2.30. The second-order valence-electron chi connectivity index (χ2n) is 6.12. The van der Waals surface area contributed by atoms with E-state index in [1.54, 1.807) is 61.8 Å². The van der Waals surface area contributed by atoms with Crippen molar-refractivity contribution < 1.29 is 18.7 Å². The third-order valence-electron chi connectivity index (χ3n) is 4.36. The van der Waals surface area contributed by atoms with Gasteiger partial charge in [-0.05, 0) is 48.5 Å². The van der Waals surface area contributed by atoms with Crippen molar-refractivity contribution in [1.82, 2.24) is 4.98 Å². The van der Waals surface area contributed by atoms with Crippen LogP contribution in [0.3, 0.4) is 0 Å². The maximum Gasteiger partial charge on any atom is 0.260 e. The number of furan rings is 1. The summed E-state index contributed by atoms with van der Waals surface area (Å²) in [6.45, 7) is 0.235. The topological polar surface area (TPSA) is 64.8 Å². The molecule has 0 aliphatic heterocycles. The number of carbonyl (C=O) groups is 1. The van der Waals surface area contributed by atoms with Crippen LogP contribution in [0.15, 0.2) is 59.2 Å². The molecule has 0 fully saturated rings. The first-order chi connectivity index (χ1) is 14.1. The number of thiazole rings is 1. The number of hydrogen-bond donors (Lipinski definition) is 0. The van der Waals surface area contributed by atoms with Crippen LogP contribution >= 0.6 is 22.9 Å². The van der Waals surface area contributed by atoms with Gasteiger partial charge in [-0.25, -0.2) is 4.98 Å². The first-order valence-corrected chi connectivity index (χ1v) is 9.91. The van der Waals surface area contributed by atoms with Gasteiger partial charge in [0.05, 0.1) is 27.0 Å². The molecule has 1 amide bonds. The summed E-state index contributed by atoms with van der Waals surface area (Å²) >= 11 is 7.33. The molecule has 29 heavy (non-hydrogen) atoms. The highest BCUT2D eigenvalue weighted by Gasteiger charge is 2.24. The fourth-order valence-electron chi connectivity index (χ4n) is 2.92. The van der Waals surface area contributed by atoms with Gasteiger partial charge in [0.25, 0.3) is 5.91 Å². The number of anilines is 1. The van der Waals surface area contributed by atoms with Gasteiger partial charge in [0, 0.05) is 10.6 Å². The molecule has 148 valence electrons. The van der Waals surface area contributed by atoms with E-state index in [9.17, 15) is 4.79 Å². The Kier molecular flexibility index (Phi) is 5.42. The number of nitrogens with zero attached hydrogens (tertiary/aromatic N) is 2. The number of hydrogen-bond acceptors (Lipinski definition) is 6. The Labute approximate surface area is 176 Å². The molecule has 2 aromatic carbocycles. The van der Waals surface area contributed by atoms with Crippen molar-refractivity contribution in [2.24, 2.45) is 0 Å². The van der Waals surface area contributed by atoms with Crippen molar-refractivity contribution >= 4 is 44.2 Å². The highest BCUT2D eigenvalue weighted by atomic mass is 35.5. The summed E-state index contributed by atoms with van der Waals surface area (Å²) in [7, 11) is 3.18. The zero-order valence-electron chi connectivity index (χ0n) is 15.7. The first kappa shape index (κ1) is 19.3. The third kappa shape index (κ3) is 3.79. The van der Waals surface area contributed by atoms with Crippen molar-refractivity contribution in [2.45, 2.75) is 6.54 Å². The van der Waals surface area contributed by atoms with Crippen LogP contribution < -0.4 is 14.4 Å². The largest absolute Gasteiger partial charge is 0.495 e. The number of rotatable bonds is 6. The molecule has 6 nitrogen and oxygen atoms in total.